The summed E-state index contributed by atoms with van der Waals surface area (Å²) in [6.45, 7) is 4.83. The first kappa shape index (κ1) is 14.9. The Morgan fingerprint density at radius 1 is 1.00 bits per heavy atom. The number of nitrogens with one attached hydrogen (secondary N) is 1. The summed E-state index contributed by atoms with van der Waals surface area (Å²) in [6, 6.07) is 1.60. The highest BCUT2D eigenvalue weighted by Crippen LogP contribution is 2.49. The van der Waals surface area contributed by atoms with Gasteiger partial charge in [0.05, 0.1) is 0 Å². The average Bonchev–Trinajstić information content (AvgIpc) is 3.00. The maximum absolute atomic E-state index is 4.05. The van der Waals surface area contributed by atoms with Gasteiger partial charge in [0, 0.05) is 12.1 Å². The summed E-state index contributed by atoms with van der Waals surface area (Å²) in [6.07, 6.45) is 16.3. The molecule has 1 nitrogen and oxygen atoms in total. The van der Waals surface area contributed by atoms with Gasteiger partial charge in [-0.1, -0.05) is 39.0 Å². The van der Waals surface area contributed by atoms with Crippen molar-refractivity contribution < 1.29 is 0 Å². The quantitative estimate of drug-likeness (QED) is 0.685. The summed E-state index contributed by atoms with van der Waals surface area (Å²) >= 11 is 0. The van der Waals surface area contributed by atoms with Crippen LogP contribution in [0.2, 0.25) is 0 Å². The summed E-state index contributed by atoms with van der Waals surface area (Å²) in [4.78, 5) is 0. The van der Waals surface area contributed by atoms with E-state index in [0.29, 0.717) is 0 Å². The summed E-state index contributed by atoms with van der Waals surface area (Å²) in [7, 11) is 0. The van der Waals surface area contributed by atoms with E-state index in [0.717, 1.165) is 35.8 Å². The van der Waals surface area contributed by atoms with Crippen molar-refractivity contribution in [2.24, 2.45) is 23.7 Å². The van der Waals surface area contributed by atoms with Gasteiger partial charge in [-0.15, -0.1) is 0 Å². The normalized spacial score (nSPS) is 42.6. The first-order valence-electron chi connectivity index (χ1n) is 9.52. The molecular formula is C19H35N. The molecule has 3 fully saturated rings. The topological polar surface area (TPSA) is 12.0 Å². The van der Waals surface area contributed by atoms with Gasteiger partial charge in [0.25, 0.3) is 0 Å². The van der Waals surface area contributed by atoms with Crippen molar-refractivity contribution in [3.05, 3.63) is 0 Å². The zero-order valence-electron chi connectivity index (χ0n) is 13.7. The third kappa shape index (κ3) is 3.40. The fourth-order valence-corrected chi connectivity index (χ4v) is 5.64. The molecule has 6 atom stereocenters. The molecule has 3 aliphatic rings. The second-order valence-corrected chi connectivity index (χ2v) is 8.15. The molecule has 0 aromatic rings. The number of fused-ring (bicyclic) bond motifs is 2. The smallest absolute Gasteiger partial charge is 0.00723 e. The van der Waals surface area contributed by atoms with Crippen LogP contribution in [-0.4, -0.2) is 12.1 Å². The maximum atomic E-state index is 4.05. The molecule has 0 aromatic carbocycles. The Morgan fingerprint density at radius 3 is 2.60 bits per heavy atom. The van der Waals surface area contributed by atoms with Crippen LogP contribution in [0, 0.1) is 23.7 Å². The van der Waals surface area contributed by atoms with Gasteiger partial charge in [0.15, 0.2) is 0 Å². The molecule has 0 amide bonds. The molecule has 20 heavy (non-hydrogen) atoms. The lowest BCUT2D eigenvalue weighted by Crippen LogP contribution is -2.42. The third-order valence-corrected chi connectivity index (χ3v) is 6.72. The van der Waals surface area contributed by atoms with Gasteiger partial charge in [-0.2, -0.15) is 0 Å². The highest BCUT2D eigenvalue weighted by atomic mass is 15.0. The highest BCUT2D eigenvalue weighted by Gasteiger charge is 2.42. The van der Waals surface area contributed by atoms with E-state index in [9.17, 15) is 0 Å². The fourth-order valence-electron chi connectivity index (χ4n) is 5.64. The van der Waals surface area contributed by atoms with Crippen LogP contribution in [0.4, 0.5) is 0 Å². The average molecular weight is 277 g/mol. The van der Waals surface area contributed by atoms with Crippen LogP contribution < -0.4 is 5.32 Å². The van der Waals surface area contributed by atoms with Crippen molar-refractivity contribution >= 4 is 0 Å². The van der Waals surface area contributed by atoms with Gasteiger partial charge < -0.3 is 5.32 Å². The standard InChI is InChI=1S/C19H35N/c1-3-5-15-6-4-7-18(11-9-15)20-14(2)19-13-16-8-10-17(19)12-16/h14-20H,3-13H2,1-2H3. The lowest BCUT2D eigenvalue weighted by molar-refractivity contribution is 0.238. The Bertz CT molecular complexity index is 300. The van der Waals surface area contributed by atoms with Crippen LogP contribution in [-0.2, 0) is 0 Å². The monoisotopic (exact) mass is 277 g/mol. The lowest BCUT2D eigenvalue weighted by atomic mass is 9.83. The van der Waals surface area contributed by atoms with Crippen LogP contribution in [0.3, 0.4) is 0 Å². The van der Waals surface area contributed by atoms with E-state index in [4.69, 9.17) is 0 Å². The molecule has 0 saturated heterocycles. The Balaban J connectivity index is 1.45. The fraction of sp³-hybridized carbons (Fsp3) is 1.00. The van der Waals surface area contributed by atoms with E-state index >= 15 is 0 Å². The van der Waals surface area contributed by atoms with E-state index in [1.165, 1.54) is 64.2 Å². The van der Waals surface area contributed by atoms with E-state index in [1.807, 2.05) is 0 Å². The van der Waals surface area contributed by atoms with Crippen LogP contribution >= 0.6 is 0 Å². The first-order valence-corrected chi connectivity index (χ1v) is 9.52. The summed E-state index contributed by atoms with van der Waals surface area (Å²) in [5.41, 5.74) is 0. The van der Waals surface area contributed by atoms with Crippen molar-refractivity contribution in [3.8, 4) is 0 Å². The zero-order chi connectivity index (χ0) is 13.9. The Labute approximate surface area is 126 Å². The zero-order valence-corrected chi connectivity index (χ0v) is 13.7. The van der Waals surface area contributed by atoms with Gasteiger partial charge in [0.2, 0.25) is 0 Å². The first-order chi connectivity index (χ1) is 9.76. The van der Waals surface area contributed by atoms with Gasteiger partial charge in [-0.05, 0) is 69.1 Å². The van der Waals surface area contributed by atoms with Crippen LogP contribution in [0.1, 0.15) is 84.5 Å². The molecule has 3 saturated carbocycles. The molecule has 0 spiro atoms. The van der Waals surface area contributed by atoms with E-state index in [2.05, 4.69) is 19.2 Å². The molecule has 2 bridgehead atoms. The third-order valence-electron chi connectivity index (χ3n) is 6.72. The lowest BCUT2D eigenvalue weighted by Gasteiger charge is -2.32. The predicted octanol–water partition coefficient (Wildman–Crippen LogP) is 5.15. The minimum Gasteiger partial charge on any atom is -0.311 e. The molecule has 1 N–H and O–H groups in total. The number of hydrogen-bond acceptors (Lipinski definition) is 1. The molecule has 3 aliphatic carbocycles. The van der Waals surface area contributed by atoms with Gasteiger partial charge >= 0.3 is 0 Å². The molecular weight excluding hydrogens is 242 g/mol. The molecule has 116 valence electrons. The Morgan fingerprint density at radius 2 is 1.90 bits per heavy atom. The molecule has 0 heterocycles. The molecule has 0 aromatic heterocycles. The SMILES string of the molecule is CCCC1CCCC(NC(C)C2CC3CCC2C3)CC1. The van der Waals surface area contributed by atoms with Crippen molar-refractivity contribution in [1.29, 1.82) is 0 Å². The van der Waals surface area contributed by atoms with Crippen LogP contribution in [0.25, 0.3) is 0 Å². The molecule has 1 heteroatoms. The van der Waals surface area contributed by atoms with Gasteiger partial charge in [0.1, 0.15) is 0 Å². The van der Waals surface area contributed by atoms with Gasteiger partial charge in [-0.3, -0.25) is 0 Å². The van der Waals surface area contributed by atoms with Crippen molar-refractivity contribution in [2.75, 3.05) is 0 Å². The van der Waals surface area contributed by atoms with Gasteiger partial charge in [-0.25, -0.2) is 0 Å². The second kappa shape index (κ2) is 6.81. The second-order valence-electron chi connectivity index (χ2n) is 8.15. The minimum absolute atomic E-state index is 0.776. The van der Waals surface area contributed by atoms with E-state index in [-0.39, 0.29) is 0 Å². The number of rotatable bonds is 5. The van der Waals surface area contributed by atoms with Crippen molar-refractivity contribution in [1.82, 2.24) is 5.32 Å². The van der Waals surface area contributed by atoms with E-state index < -0.39 is 0 Å². The predicted molar refractivity (Wildman–Crippen MR) is 86.8 cm³/mol. The molecule has 3 rings (SSSR count). The maximum Gasteiger partial charge on any atom is 0.00723 e. The largest absolute Gasteiger partial charge is 0.311 e. The van der Waals surface area contributed by atoms with Crippen molar-refractivity contribution in [3.63, 3.8) is 0 Å². The van der Waals surface area contributed by atoms with Crippen LogP contribution in [0.15, 0.2) is 0 Å². The van der Waals surface area contributed by atoms with Crippen molar-refractivity contribution in [2.45, 2.75) is 96.6 Å². The minimum atomic E-state index is 0.776. The summed E-state index contributed by atoms with van der Waals surface area (Å²) in [5, 5.41) is 4.05. The molecule has 0 radical (unpaired) electrons. The highest BCUT2D eigenvalue weighted by molar-refractivity contribution is 4.95. The molecule has 6 unspecified atom stereocenters. The van der Waals surface area contributed by atoms with Crippen LogP contribution in [0.5, 0.6) is 0 Å². The Hall–Kier alpha value is -0.0400. The number of hydrogen-bond donors (Lipinski definition) is 1. The Kier molecular flexibility index (Phi) is 5.07. The summed E-state index contributed by atoms with van der Waals surface area (Å²) < 4.78 is 0. The van der Waals surface area contributed by atoms with E-state index in [1.54, 1.807) is 6.42 Å². The molecule has 0 aliphatic heterocycles. The summed E-state index contributed by atoms with van der Waals surface area (Å²) in [5.74, 6) is 4.20.